The van der Waals surface area contributed by atoms with E-state index in [0.29, 0.717) is 0 Å². The molecule has 0 bridgehead atoms. The van der Waals surface area contributed by atoms with E-state index in [1.165, 1.54) is 4.90 Å². The van der Waals surface area contributed by atoms with E-state index in [1.807, 2.05) is 13.8 Å². The topological polar surface area (TPSA) is 46.6 Å². The van der Waals surface area contributed by atoms with Crippen LogP contribution in [0.5, 0.6) is 0 Å². The van der Waals surface area contributed by atoms with E-state index in [0.717, 1.165) is 6.42 Å². The summed E-state index contributed by atoms with van der Waals surface area (Å²) >= 11 is 0. The molecule has 1 aliphatic rings. The molecule has 1 saturated heterocycles. The largest absolute Gasteiger partial charge is 0.443 e. The summed E-state index contributed by atoms with van der Waals surface area (Å²) in [5, 5.41) is 0. The fraction of sp³-hybridized carbons (Fsp3) is 0.818. The molecule has 0 aromatic rings. The normalized spacial score (nSPS) is 27.0. The van der Waals surface area contributed by atoms with Crippen LogP contribution in [0.2, 0.25) is 0 Å². The summed E-state index contributed by atoms with van der Waals surface area (Å²) in [6.07, 6.45) is 0.197. The summed E-state index contributed by atoms with van der Waals surface area (Å²) in [5.41, 5.74) is -0.553. The highest BCUT2D eigenvalue weighted by molar-refractivity contribution is 5.95. The standard InChI is InChI=1S/C11H19NO3/c1-7-6-8(2)12(9(7)13)10(14)15-11(3,4)5/h7-8H,6H2,1-5H3/t7-,8-/m0/s1. The maximum absolute atomic E-state index is 11.7. The van der Waals surface area contributed by atoms with Gasteiger partial charge in [0.05, 0.1) is 0 Å². The van der Waals surface area contributed by atoms with Crippen molar-refractivity contribution >= 4 is 12.0 Å². The van der Waals surface area contributed by atoms with Crippen molar-refractivity contribution in [3.8, 4) is 0 Å². The minimum atomic E-state index is -0.553. The Morgan fingerprint density at radius 2 is 1.93 bits per heavy atom. The fourth-order valence-electron chi connectivity index (χ4n) is 1.75. The lowest BCUT2D eigenvalue weighted by Gasteiger charge is -2.25. The van der Waals surface area contributed by atoms with Gasteiger partial charge < -0.3 is 4.74 Å². The van der Waals surface area contributed by atoms with Gasteiger partial charge in [0, 0.05) is 12.0 Å². The molecule has 2 atom stereocenters. The Labute approximate surface area is 90.6 Å². The number of amides is 2. The van der Waals surface area contributed by atoms with Crippen LogP contribution in [0.4, 0.5) is 4.79 Å². The predicted molar refractivity (Wildman–Crippen MR) is 56.3 cm³/mol. The summed E-state index contributed by atoms with van der Waals surface area (Å²) in [7, 11) is 0. The lowest BCUT2D eigenvalue weighted by molar-refractivity contribution is -0.130. The lowest BCUT2D eigenvalue weighted by Crippen LogP contribution is -2.41. The number of hydrogen-bond acceptors (Lipinski definition) is 3. The van der Waals surface area contributed by atoms with Crippen LogP contribution in [0.1, 0.15) is 41.0 Å². The molecular formula is C11H19NO3. The van der Waals surface area contributed by atoms with Crippen LogP contribution in [-0.4, -0.2) is 28.5 Å². The molecule has 0 aliphatic carbocycles. The molecule has 2 amide bonds. The number of likely N-dealkylation sites (tertiary alicyclic amines) is 1. The van der Waals surface area contributed by atoms with Crippen LogP contribution in [0.3, 0.4) is 0 Å². The van der Waals surface area contributed by atoms with Crippen molar-refractivity contribution in [2.75, 3.05) is 0 Å². The molecule has 1 heterocycles. The van der Waals surface area contributed by atoms with Gasteiger partial charge in [-0.3, -0.25) is 4.79 Å². The van der Waals surface area contributed by atoms with Crippen molar-refractivity contribution in [1.82, 2.24) is 4.90 Å². The van der Waals surface area contributed by atoms with E-state index in [9.17, 15) is 9.59 Å². The maximum atomic E-state index is 11.7. The van der Waals surface area contributed by atoms with E-state index in [1.54, 1.807) is 20.8 Å². The highest BCUT2D eigenvalue weighted by Crippen LogP contribution is 2.25. The quantitative estimate of drug-likeness (QED) is 0.619. The lowest BCUT2D eigenvalue weighted by atomic mass is 10.1. The Morgan fingerprint density at radius 3 is 2.27 bits per heavy atom. The van der Waals surface area contributed by atoms with E-state index >= 15 is 0 Å². The van der Waals surface area contributed by atoms with Gasteiger partial charge in [-0.2, -0.15) is 0 Å². The number of carbonyl (C=O) groups excluding carboxylic acids is 2. The highest BCUT2D eigenvalue weighted by atomic mass is 16.6. The van der Waals surface area contributed by atoms with Gasteiger partial charge in [-0.15, -0.1) is 0 Å². The average Bonchev–Trinajstić information content (AvgIpc) is 2.22. The van der Waals surface area contributed by atoms with E-state index in [-0.39, 0.29) is 17.9 Å². The highest BCUT2D eigenvalue weighted by Gasteiger charge is 2.40. The molecule has 15 heavy (non-hydrogen) atoms. The first-order valence-electron chi connectivity index (χ1n) is 5.28. The molecule has 1 fully saturated rings. The van der Waals surface area contributed by atoms with Crippen molar-refractivity contribution in [3.63, 3.8) is 0 Å². The molecule has 4 heteroatoms. The van der Waals surface area contributed by atoms with Crippen LogP contribution in [0.15, 0.2) is 0 Å². The summed E-state index contributed by atoms with van der Waals surface area (Å²) in [6, 6.07) is -0.0534. The summed E-state index contributed by atoms with van der Waals surface area (Å²) in [4.78, 5) is 24.6. The molecular weight excluding hydrogens is 194 g/mol. The Hall–Kier alpha value is -1.06. The van der Waals surface area contributed by atoms with Gasteiger partial charge >= 0.3 is 6.09 Å². The molecule has 0 N–H and O–H groups in total. The Bertz CT molecular complexity index is 280. The third-order valence-corrected chi connectivity index (χ3v) is 2.38. The van der Waals surface area contributed by atoms with Gasteiger partial charge in [-0.05, 0) is 34.1 Å². The molecule has 0 saturated carbocycles. The fourth-order valence-corrected chi connectivity index (χ4v) is 1.75. The molecule has 0 spiro atoms. The van der Waals surface area contributed by atoms with Crippen molar-refractivity contribution in [2.24, 2.45) is 5.92 Å². The summed E-state index contributed by atoms with van der Waals surface area (Å²) in [6.45, 7) is 9.08. The smallest absolute Gasteiger partial charge is 0.417 e. The second-order valence-corrected chi connectivity index (χ2v) is 5.17. The Balaban J connectivity index is 2.72. The van der Waals surface area contributed by atoms with Gasteiger partial charge in [0.25, 0.3) is 0 Å². The number of ether oxygens (including phenoxy) is 1. The van der Waals surface area contributed by atoms with Gasteiger partial charge in [0.1, 0.15) is 5.60 Å². The van der Waals surface area contributed by atoms with Crippen molar-refractivity contribution in [1.29, 1.82) is 0 Å². The van der Waals surface area contributed by atoms with E-state index in [4.69, 9.17) is 4.74 Å². The zero-order valence-corrected chi connectivity index (χ0v) is 10.0. The van der Waals surface area contributed by atoms with Crippen LogP contribution in [0.25, 0.3) is 0 Å². The van der Waals surface area contributed by atoms with Crippen molar-refractivity contribution in [2.45, 2.75) is 52.7 Å². The number of rotatable bonds is 0. The average molecular weight is 213 g/mol. The van der Waals surface area contributed by atoms with Gasteiger partial charge in [-0.25, -0.2) is 9.69 Å². The first-order valence-corrected chi connectivity index (χ1v) is 5.28. The number of nitrogens with zero attached hydrogens (tertiary/aromatic N) is 1. The molecule has 4 nitrogen and oxygen atoms in total. The molecule has 1 rings (SSSR count). The Morgan fingerprint density at radius 1 is 1.40 bits per heavy atom. The monoisotopic (exact) mass is 213 g/mol. The zero-order valence-electron chi connectivity index (χ0n) is 10.0. The Kier molecular flexibility index (Phi) is 3.07. The molecule has 0 unspecified atom stereocenters. The van der Waals surface area contributed by atoms with Crippen LogP contribution in [-0.2, 0) is 9.53 Å². The molecule has 0 aromatic carbocycles. The number of carbonyl (C=O) groups is 2. The van der Waals surface area contributed by atoms with Crippen molar-refractivity contribution in [3.05, 3.63) is 0 Å². The SMILES string of the molecule is C[C@H]1C[C@H](C)N(C(=O)OC(C)(C)C)C1=O. The van der Waals surface area contributed by atoms with Gasteiger partial charge in [0.15, 0.2) is 0 Å². The van der Waals surface area contributed by atoms with Gasteiger partial charge in [-0.1, -0.05) is 6.92 Å². The molecule has 0 radical (unpaired) electrons. The van der Waals surface area contributed by atoms with E-state index < -0.39 is 11.7 Å². The van der Waals surface area contributed by atoms with Crippen LogP contribution >= 0.6 is 0 Å². The minimum Gasteiger partial charge on any atom is -0.443 e. The minimum absolute atomic E-state index is 0.0534. The van der Waals surface area contributed by atoms with E-state index in [2.05, 4.69) is 0 Å². The van der Waals surface area contributed by atoms with Crippen LogP contribution < -0.4 is 0 Å². The molecule has 0 aromatic heterocycles. The second kappa shape index (κ2) is 3.83. The third-order valence-electron chi connectivity index (χ3n) is 2.38. The van der Waals surface area contributed by atoms with Crippen LogP contribution in [0, 0.1) is 5.92 Å². The number of imide groups is 1. The summed E-state index contributed by atoms with van der Waals surface area (Å²) in [5.74, 6) is -0.204. The summed E-state index contributed by atoms with van der Waals surface area (Å²) < 4.78 is 5.18. The molecule has 86 valence electrons. The third kappa shape index (κ3) is 2.70. The molecule has 1 aliphatic heterocycles. The van der Waals surface area contributed by atoms with Crippen molar-refractivity contribution < 1.29 is 14.3 Å². The number of hydrogen-bond donors (Lipinski definition) is 0. The first-order chi connectivity index (χ1) is 6.72. The predicted octanol–water partition coefficient (Wildman–Crippen LogP) is 2.18. The second-order valence-electron chi connectivity index (χ2n) is 5.17. The maximum Gasteiger partial charge on any atom is 0.417 e. The first kappa shape index (κ1) is 12.0. The zero-order chi connectivity index (χ0) is 11.8. The van der Waals surface area contributed by atoms with Gasteiger partial charge in [0.2, 0.25) is 5.91 Å².